The highest BCUT2D eigenvalue weighted by Gasteiger charge is 2.29. The van der Waals surface area contributed by atoms with Gasteiger partial charge in [0.15, 0.2) is 5.84 Å². The molecule has 1 fully saturated rings. The number of fused-ring (bicyclic) bond motifs is 1. The van der Waals surface area contributed by atoms with Crippen LogP contribution in [0.5, 0.6) is 5.75 Å². The van der Waals surface area contributed by atoms with Crippen LogP contribution in [0.2, 0.25) is 5.02 Å². The summed E-state index contributed by atoms with van der Waals surface area (Å²) < 4.78 is 16.9. The van der Waals surface area contributed by atoms with E-state index in [1.54, 1.807) is 30.5 Å². The Balaban J connectivity index is 1.54. The quantitative estimate of drug-likeness (QED) is 0.207. The number of nitrogens with zero attached hydrogens (tertiary/aromatic N) is 4. The Bertz CT molecular complexity index is 1570. The van der Waals surface area contributed by atoms with Crippen molar-refractivity contribution in [3.8, 4) is 17.1 Å². The van der Waals surface area contributed by atoms with Gasteiger partial charge in [-0.1, -0.05) is 23.7 Å². The van der Waals surface area contributed by atoms with Gasteiger partial charge in [-0.3, -0.25) is 15.2 Å². The van der Waals surface area contributed by atoms with E-state index in [9.17, 15) is 14.3 Å². The van der Waals surface area contributed by atoms with Crippen LogP contribution in [0, 0.1) is 11.2 Å². The van der Waals surface area contributed by atoms with Gasteiger partial charge in [0.25, 0.3) is 5.91 Å². The Labute approximate surface area is 222 Å². The maximum Gasteiger partial charge on any atom is 0.255 e. The van der Waals surface area contributed by atoms with Gasteiger partial charge in [-0.05, 0) is 62.1 Å². The third kappa shape index (κ3) is 4.95. The summed E-state index contributed by atoms with van der Waals surface area (Å²) in [7, 11) is 0. The number of phenols is 1. The van der Waals surface area contributed by atoms with Crippen LogP contribution >= 0.6 is 11.6 Å². The molecule has 0 bridgehead atoms. The molecule has 0 spiro atoms. The fraction of sp³-hybridized carbons (Fsp3) is 0.222. The van der Waals surface area contributed by atoms with Crippen molar-refractivity contribution in [1.82, 2.24) is 19.9 Å². The van der Waals surface area contributed by atoms with E-state index in [4.69, 9.17) is 27.7 Å². The van der Waals surface area contributed by atoms with Gasteiger partial charge in [-0.25, -0.2) is 14.4 Å². The second kappa shape index (κ2) is 10.6. The van der Waals surface area contributed by atoms with Gasteiger partial charge in [-0.15, -0.1) is 0 Å². The first-order chi connectivity index (χ1) is 18.4. The second-order valence-corrected chi connectivity index (χ2v) is 9.58. The molecule has 0 radical (unpaired) electrons. The lowest BCUT2D eigenvalue weighted by Crippen LogP contribution is -2.39. The Morgan fingerprint density at radius 2 is 2.08 bits per heavy atom. The summed E-state index contributed by atoms with van der Waals surface area (Å²) >= 11 is 6.03. The number of amidine groups is 1. The number of carbonyl (C=O) groups is 1. The van der Waals surface area contributed by atoms with Crippen LogP contribution in [0.4, 0.5) is 4.39 Å². The number of nitrogens with one attached hydrogen (secondary N) is 2. The molecular weight excluding hydrogens is 509 g/mol. The summed E-state index contributed by atoms with van der Waals surface area (Å²) in [5, 5.41) is 20.7. The highest BCUT2D eigenvalue weighted by atomic mass is 35.5. The summed E-state index contributed by atoms with van der Waals surface area (Å²) in [6.07, 6.45) is 5.29. The van der Waals surface area contributed by atoms with Gasteiger partial charge < -0.3 is 20.7 Å². The molecule has 2 unspecified atom stereocenters. The van der Waals surface area contributed by atoms with Gasteiger partial charge in [0, 0.05) is 17.1 Å². The zero-order valence-electron chi connectivity index (χ0n) is 20.2. The second-order valence-electron chi connectivity index (χ2n) is 9.14. The number of halogens is 2. The summed E-state index contributed by atoms with van der Waals surface area (Å²) in [4.78, 5) is 25.8. The Morgan fingerprint density at radius 1 is 1.26 bits per heavy atom. The number of aromatic hydroxyl groups is 1. The van der Waals surface area contributed by atoms with Gasteiger partial charge >= 0.3 is 0 Å². The lowest BCUT2D eigenvalue weighted by atomic mass is 9.90. The zero-order valence-corrected chi connectivity index (χ0v) is 21.0. The van der Waals surface area contributed by atoms with Crippen molar-refractivity contribution in [3.63, 3.8) is 0 Å². The molecule has 1 aliphatic rings. The Hall–Kier alpha value is -4.31. The molecule has 0 aliphatic heterocycles. The predicted octanol–water partition coefficient (Wildman–Crippen LogP) is 4.82. The van der Waals surface area contributed by atoms with Gasteiger partial charge in [0.2, 0.25) is 0 Å². The molecule has 2 aromatic carbocycles. The molecule has 2 atom stereocenters. The molecule has 2 aromatic heterocycles. The number of aromatic nitrogens is 3. The van der Waals surface area contributed by atoms with E-state index < -0.39 is 11.7 Å². The van der Waals surface area contributed by atoms with Crippen LogP contribution < -0.4 is 11.1 Å². The van der Waals surface area contributed by atoms with E-state index in [0.717, 1.165) is 25.6 Å². The number of carbonyl (C=O) groups excluding carboxylic acids is 1. The maximum absolute atomic E-state index is 14.9. The van der Waals surface area contributed by atoms with Crippen LogP contribution in [-0.4, -0.2) is 43.8 Å². The molecule has 9 nitrogen and oxygen atoms in total. The van der Waals surface area contributed by atoms with Crippen LogP contribution in [-0.2, 0) is 0 Å². The lowest BCUT2D eigenvalue weighted by molar-refractivity contribution is 0.0918. The average Bonchev–Trinajstić information content (AvgIpc) is 3.29. The molecular formula is C27H25ClFN7O2. The van der Waals surface area contributed by atoms with Crippen LogP contribution in [0.1, 0.15) is 47.8 Å². The molecule has 5 rings (SSSR count). The number of nitrogens with two attached hydrogens (primary N) is 1. The highest BCUT2D eigenvalue weighted by molar-refractivity contribution is 6.31. The standard InChI is InChI=1S/C27H25ClFN7O2/c28-15-8-9-24(37)19(10-15)27(38)34-16-4-3-5-17(11-16)36-23-12-21(25(31)33-14-30)32-13-22(23)35-26(36)18-6-1-2-7-20(18)29/h1-2,6-10,12-14,16-17,37H,3-5,11H2,(H,34,38)(H3,30,31,33). The van der Waals surface area contributed by atoms with Crippen molar-refractivity contribution < 1.29 is 14.3 Å². The highest BCUT2D eigenvalue weighted by Crippen LogP contribution is 2.37. The van der Waals surface area contributed by atoms with Crippen molar-refractivity contribution in [2.75, 3.05) is 0 Å². The first kappa shape index (κ1) is 25.3. The number of aliphatic imine (C=N–C) groups is 1. The van der Waals surface area contributed by atoms with E-state index in [1.165, 1.54) is 24.3 Å². The molecule has 5 N–H and O–H groups in total. The molecule has 38 heavy (non-hydrogen) atoms. The smallest absolute Gasteiger partial charge is 0.255 e. The number of rotatable bonds is 6. The minimum absolute atomic E-state index is 0.0807. The third-order valence-electron chi connectivity index (χ3n) is 6.71. The molecule has 4 aromatic rings. The number of imidazole rings is 1. The average molecular weight is 534 g/mol. The summed E-state index contributed by atoms with van der Waals surface area (Å²) in [5.41, 5.74) is 8.08. The van der Waals surface area contributed by atoms with Crippen LogP contribution in [0.25, 0.3) is 22.4 Å². The molecule has 1 saturated carbocycles. The van der Waals surface area contributed by atoms with Crippen molar-refractivity contribution in [2.45, 2.75) is 37.8 Å². The topological polar surface area (TPSA) is 142 Å². The molecule has 0 saturated heterocycles. The van der Waals surface area contributed by atoms with Gasteiger partial charge in [0.05, 0.1) is 22.8 Å². The maximum atomic E-state index is 14.9. The summed E-state index contributed by atoms with van der Waals surface area (Å²) in [6, 6.07) is 12.2. The van der Waals surface area contributed by atoms with Crippen molar-refractivity contribution in [3.05, 3.63) is 76.8 Å². The number of benzene rings is 2. The van der Waals surface area contributed by atoms with Gasteiger partial charge in [0.1, 0.15) is 34.9 Å². The number of pyridine rings is 1. The van der Waals surface area contributed by atoms with Gasteiger partial charge in [-0.2, -0.15) is 0 Å². The largest absolute Gasteiger partial charge is 0.507 e. The van der Waals surface area contributed by atoms with Crippen LogP contribution in [0.15, 0.2) is 59.7 Å². The van der Waals surface area contributed by atoms with E-state index in [0.29, 0.717) is 39.6 Å². The van der Waals surface area contributed by atoms with Crippen LogP contribution in [0.3, 0.4) is 0 Å². The number of amides is 1. The minimum atomic E-state index is -0.414. The van der Waals surface area contributed by atoms with E-state index >= 15 is 0 Å². The summed E-state index contributed by atoms with van der Waals surface area (Å²) in [5.74, 6) is -0.436. The van der Waals surface area contributed by atoms with Crippen molar-refractivity contribution in [2.24, 2.45) is 10.7 Å². The lowest BCUT2D eigenvalue weighted by Gasteiger charge is -2.32. The minimum Gasteiger partial charge on any atom is -0.507 e. The Kier molecular flexibility index (Phi) is 7.06. The van der Waals surface area contributed by atoms with Crippen molar-refractivity contribution in [1.29, 1.82) is 5.41 Å². The predicted molar refractivity (Wildman–Crippen MR) is 144 cm³/mol. The SMILES string of the molecule is N=CN=C(N)c1cc2c(cn1)nc(-c1ccccc1F)n2C1CCCC(NC(=O)c2cc(Cl)ccc2O)C1. The van der Waals surface area contributed by atoms with E-state index in [2.05, 4.69) is 15.3 Å². The molecule has 194 valence electrons. The number of phenolic OH excluding ortho intramolecular Hbond substituents is 1. The van der Waals surface area contributed by atoms with E-state index in [-0.39, 0.29) is 29.2 Å². The fourth-order valence-corrected chi connectivity index (χ4v) is 5.13. The van der Waals surface area contributed by atoms with Crippen molar-refractivity contribution >= 4 is 40.7 Å². The normalized spacial score (nSPS) is 17.9. The first-order valence-corrected chi connectivity index (χ1v) is 12.5. The monoisotopic (exact) mass is 533 g/mol. The van der Waals surface area contributed by atoms with E-state index in [1.807, 2.05) is 4.57 Å². The fourth-order valence-electron chi connectivity index (χ4n) is 4.96. The number of hydrogen-bond donors (Lipinski definition) is 4. The molecule has 2 heterocycles. The third-order valence-corrected chi connectivity index (χ3v) is 6.94. The summed E-state index contributed by atoms with van der Waals surface area (Å²) in [6.45, 7) is 0. The Morgan fingerprint density at radius 3 is 2.87 bits per heavy atom. The molecule has 1 amide bonds. The number of hydrogen-bond acceptors (Lipinski definition) is 5. The molecule has 11 heteroatoms. The first-order valence-electron chi connectivity index (χ1n) is 12.1. The zero-order chi connectivity index (χ0) is 26.8. The molecule has 1 aliphatic carbocycles.